The Kier molecular flexibility index (Phi) is 2.96. The summed E-state index contributed by atoms with van der Waals surface area (Å²) in [6.07, 6.45) is 2.04. The summed E-state index contributed by atoms with van der Waals surface area (Å²) in [5.41, 5.74) is 7.77. The Morgan fingerprint density at radius 3 is 2.95 bits per heavy atom. The monoisotopic (exact) mass is 288 g/mol. The lowest BCUT2D eigenvalue weighted by atomic mass is 9.93. The molecule has 2 aromatic rings. The molecule has 1 atom stereocenters. The normalized spacial score (nSPS) is 20.7. The molecular weight excluding hydrogens is 272 g/mol. The Labute approximate surface area is 121 Å². The van der Waals surface area contributed by atoms with Gasteiger partial charge in [-0.25, -0.2) is 0 Å². The van der Waals surface area contributed by atoms with Crippen molar-refractivity contribution < 1.29 is 18.7 Å². The highest BCUT2D eigenvalue weighted by atomic mass is 16.7. The quantitative estimate of drug-likeness (QED) is 0.914. The van der Waals surface area contributed by atoms with Crippen molar-refractivity contribution in [2.24, 2.45) is 0 Å². The van der Waals surface area contributed by atoms with Crippen molar-refractivity contribution in [1.82, 2.24) is 5.16 Å². The number of rotatable bonds is 2. The predicted molar refractivity (Wildman–Crippen MR) is 75.3 cm³/mol. The molecule has 0 spiro atoms. The lowest BCUT2D eigenvalue weighted by Gasteiger charge is -2.20. The second-order valence-corrected chi connectivity index (χ2v) is 5.29. The summed E-state index contributed by atoms with van der Waals surface area (Å²) in [5, 5.41) is 3.94. The van der Waals surface area contributed by atoms with Crippen LogP contribution >= 0.6 is 0 Å². The van der Waals surface area contributed by atoms with E-state index in [0.29, 0.717) is 12.4 Å². The summed E-state index contributed by atoms with van der Waals surface area (Å²) in [7, 11) is 0. The molecular formula is C15H16N2O4. The van der Waals surface area contributed by atoms with Gasteiger partial charge in [-0.1, -0.05) is 11.2 Å². The molecule has 0 amide bonds. The highest BCUT2D eigenvalue weighted by Gasteiger charge is 2.27. The summed E-state index contributed by atoms with van der Waals surface area (Å²) < 4.78 is 21.8. The fraction of sp³-hybridized carbons (Fsp3) is 0.400. The van der Waals surface area contributed by atoms with E-state index in [2.05, 4.69) is 5.16 Å². The molecule has 0 saturated carbocycles. The first kappa shape index (κ1) is 12.5. The van der Waals surface area contributed by atoms with Crippen molar-refractivity contribution in [2.45, 2.75) is 18.8 Å². The van der Waals surface area contributed by atoms with E-state index in [9.17, 15) is 0 Å². The molecule has 110 valence electrons. The molecule has 1 aromatic heterocycles. The summed E-state index contributed by atoms with van der Waals surface area (Å²) in [6.45, 7) is 1.70. The average molecular weight is 288 g/mol. The van der Waals surface area contributed by atoms with Crippen LogP contribution in [0.1, 0.15) is 24.5 Å². The SMILES string of the molecule is Nc1noc(C2CCCOC2)c1-c1ccc2c(c1)OCO2. The van der Waals surface area contributed by atoms with E-state index in [1.807, 2.05) is 18.2 Å². The summed E-state index contributed by atoms with van der Waals surface area (Å²) in [5.74, 6) is 2.86. The van der Waals surface area contributed by atoms with Gasteiger partial charge in [0.05, 0.1) is 12.2 Å². The number of aromatic nitrogens is 1. The van der Waals surface area contributed by atoms with Crippen LogP contribution in [-0.4, -0.2) is 25.2 Å². The molecule has 0 radical (unpaired) electrons. The number of nitrogens with zero attached hydrogens (tertiary/aromatic N) is 1. The van der Waals surface area contributed by atoms with Gasteiger partial charge in [-0.2, -0.15) is 0 Å². The van der Waals surface area contributed by atoms with Crippen molar-refractivity contribution >= 4 is 5.82 Å². The zero-order chi connectivity index (χ0) is 14.2. The molecule has 2 aliphatic heterocycles. The van der Waals surface area contributed by atoms with Crippen LogP contribution in [0.15, 0.2) is 22.7 Å². The maximum atomic E-state index is 6.01. The zero-order valence-corrected chi connectivity index (χ0v) is 11.5. The predicted octanol–water partition coefficient (Wildman–Crippen LogP) is 2.55. The van der Waals surface area contributed by atoms with Crippen LogP contribution in [0.3, 0.4) is 0 Å². The minimum Gasteiger partial charge on any atom is -0.454 e. The van der Waals surface area contributed by atoms with Crippen molar-refractivity contribution in [3.63, 3.8) is 0 Å². The van der Waals surface area contributed by atoms with Gasteiger partial charge in [0.25, 0.3) is 0 Å². The van der Waals surface area contributed by atoms with Crippen LogP contribution in [0.4, 0.5) is 5.82 Å². The van der Waals surface area contributed by atoms with Gasteiger partial charge in [-0.05, 0) is 30.5 Å². The number of nitrogen functional groups attached to an aromatic ring is 1. The average Bonchev–Trinajstić information content (AvgIpc) is 3.13. The molecule has 1 fully saturated rings. The third kappa shape index (κ3) is 2.12. The van der Waals surface area contributed by atoms with Crippen LogP contribution in [0.25, 0.3) is 11.1 Å². The van der Waals surface area contributed by atoms with Gasteiger partial charge in [-0.15, -0.1) is 0 Å². The van der Waals surface area contributed by atoms with Gasteiger partial charge in [0.2, 0.25) is 6.79 Å². The Balaban J connectivity index is 1.75. The first-order chi connectivity index (χ1) is 10.3. The third-order valence-corrected chi connectivity index (χ3v) is 3.94. The maximum absolute atomic E-state index is 6.01. The Morgan fingerprint density at radius 1 is 1.19 bits per heavy atom. The van der Waals surface area contributed by atoms with Gasteiger partial charge in [0.1, 0.15) is 0 Å². The van der Waals surface area contributed by atoms with Crippen molar-refractivity contribution in [3.8, 4) is 22.6 Å². The molecule has 2 N–H and O–H groups in total. The largest absolute Gasteiger partial charge is 0.454 e. The van der Waals surface area contributed by atoms with Crippen LogP contribution in [-0.2, 0) is 4.74 Å². The van der Waals surface area contributed by atoms with Gasteiger partial charge < -0.3 is 24.5 Å². The van der Waals surface area contributed by atoms with Gasteiger partial charge in [0.15, 0.2) is 23.1 Å². The molecule has 2 aliphatic rings. The smallest absolute Gasteiger partial charge is 0.231 e. The molecule has 0 bridgehead atoms. The summed E-state index contributed by atoms with van der Waals surface area (Å²) >= 11 is 0. The van der Waals surface area contributed by atoms with Gasteiger partial charge in [0, 0.05) is 12.5 Å². The van der Waals surface area contributed by atoms with Gasteiger partial charge in [-0.3, -0.25) is 0 Å². The fourth-order valence-corrected chi connectivity index (χ4v) is 2.88. The maximum Gasteiger partial charge on any atom is 0.231 e. The molecule has 0 aliphatic carbocycles. The van der Waals surface area contributed by atoms with Crippen LogP contribution in [0, 0.1) is 0 Å². The first-order valence-corrected chi connectivity index (χ1v) is 7.06. The fourth-order valence-electron chi connectivity index (χ4n) is 2.88. The van der Waals surface area contributed by atoms with Crippen molar-refractivity contribution in [3.05, 3.63) is 24.0 Å². The number of ether oxygens (including phenoxy) is 3. The molecule has 21 heavy (non-hydrogen) atoms. The number of fused-ring (bicyclic) bond motifs is 1. The highest BCUT2D eigenvalue weighted by molar-refractivity contribution is 5.77. The van der Waals surface area contributed by atoms with E-state index in [1.165, 1.54) is 0 Å². The number of hydrogen-bond donors (Lipinski definition) is 1. The molecule has 1 aromatic carbocycles. The van der Waals surface area contributed by atoms with E-state index in [4.69, 9.17) is 24.5 Å². The second-order valence-electron chi connectivity index (χ2n) is 5.29. The third-order valence-electron chi connectivity index (χ3n) is 3.94. The minimum atomic E-state index is 0.198. The summed E-state index contributed by atoms with van der Waals surface area (Å²) in [6, 6.07) is 5.74. The number of anilines is 1. The molecule has 6 nitrogen and oxygen atoms in total. The Bertz CT molecular complexity index is 662. The Hall–Kier alpha value is -2.21. The molecule has 3 heterocycles. The number of hydrogen-bond acceptors (Lipinski definition) is 6. The zero-order valence-electron chi connectivity index (χ0n) is 11.5. The number of nitrogens with two attached hydrogens (primary N) is 1. The van der Waals surface area contributed by atoms with E-state index in [1.54, 1.807) is 0 Å². The van der Waals surface area contributed by atoms with E-state index in [-0.39, 0.29) is 12.7 Å². The van der Waals surface area contributed by atoms with Crippen LogP contribution in [0.5, 0.6) is 11.5 Å². The second kappa shape index (κ2) is 4.96. The highest BCUT2D eigenvalue weighted by Crippen LogP contribution is 2.41. The van der Waals surface area contributed by atoms with Crippen molar-refractivity contribution in [2.75, 3.05) is 25.7 Å². The molecule has 1 unspecified atom stereocenters. The number of benzene rings is 1. The van der Waals surface area contributed by atoms with E-state index < -0.39 is 0 Å². The van der Waals surface area contributed by atoms with E-state index in [0.717, 1.165) is 47.8 Å². The standard InChI is InChI=1S/C15H16N2O4/c16-15-13(9-3-4-11-12(6-9)20-8-19-11)14(21-17-15)10-2-1-5-18-7-10/h3-4,6,10H,1-2,5,7-8H2,(H2,16,17). The molecule has 1 saturated heterocycles. The van der Waals surface area contributed by atoms with E-state index >= 15 is 0 Å². The van der Waals surface area contributed by atoms with Crippen molar-refractivity contribution in [1.29, 1.82) is 0 Å². The molecule has 4 rings (SSSR count). The minimum absolute atomic E-state index is 0.198. The molecule has 6 heteroatoms. The lowest BCUT2D eigenvalue weighted by Crippen LogP contribution is -2.15. The summed E-state index contributed by atoms with van der Waals surface area (Å²) in [4.78, 5) is 0. The topological polar surface area (TPSA) is 79.7 Å². The van der Waals surface area contributed by atoms with Crippen LogP contribution < -0.4 is 15.2 Å². The van der Waals surface area contributed by atoms with Crippen LogP contribution in [0.2, 0.25) is 0 Å². The lowest BCUT2D eigenvalue weighted by molar-refractivity contribution is 0.0723. The first-order valence-electron chi connectivity index (χ1n) is 7.06. The Morgan fingerprint density at radius 2 is 2.10 bits per heavy atom. The van der Waals surface area contributed by atoms with Gasteiger partial charge >= 0.3 is 0 Å².